The van der Waals surface area contributed by atoms with Crippen molar-refractivity contribution in [3.63, 3.8) is 0 Å². The van der Waals surface area contributed by atoms with Crippen LogP contribution in [0.3, 0.4) is 0 Å². The third-order valence-electron chi connectivity index (χ3n) is 2.45. The predicted molar refractivity (Wildman–Crippen MR) is 76.5 cm³/mol. The van der Waals surface area contributed by atoms with Gasteiger partial charge in [0.15, 0.2) is 0 Å². The highest BCUT2D eigenvalue weighted by atomic mass is 35.5. The van der Waals surface area contributed by atoms with Crippen LogP contribution in [0, 0.1) is 0 Å². The highest BCUT2D eigenvalue weighted by Gasteiger charge is 2.23. The Kier molecular flexibility index (Phi) is 5.21. The van der Waals surface area contributed by atoms with Crippen molar-refractivity contribution in [3.8, 4) is 5.75 Å². The van der Waals surface area contributed by atoms with Gasteiger partial charge in [0.05, 0.1) is 18.6 Å². The minimum Gasteiger partial charge on any atom is -0.495 e. The quantitative estimate of drug-likeness (QED) is 0.780. The molecule has 0 aliphatic heterocycles. The van der Waals surface area contributed by atoms with Gasteiger partial charge in [-0.05, 0) is 26.0 Å². The van der Waals surface area contributed by atoms with Crippen LogP contribution >= 0.6 is 11.6 Å². The maximum absolute atomic E-state index is 11.8. The number of nitrogens with one attached hydrogen (secondary N) is 2. The minimum atomic E-state index is -0.983. The SMILES string of the molecule is COc1cc(NC(=O)NC(C)(C)CC(=O)O)ccc1Cl. The van der Waals surface area contributed by atoms with E-state index in [1.165, 1.54) is 7.11 Å². The highest BCUT2D eigenvalue weighted by Crippen LogP contribution is 2.27. The molecule has 0 fully saturated rings. The molecule has 0 saturated heterocycles. The van der Waals surface area contributed by atoms with Crippen LogP contribution in [0.4, 0.5) is 10.5 Å². The van der Waals surface area contributed by atoms with E-state index >= 15 is 0 Å². The van der Waals surface area contributed by atoms with Crippen molar-refractivity contribution in [1.29, 1.82) is 0 Å². The molecule has 2 amide bonds. The molecule has 1 aromatic carbocycles. The third-order valence-corrected chi connectivity index (χ3v) is 2.77. The topological polar surface area (TPSA) is 87.7 Å². The summed E-state index contributed by atoms with van der Waals surface area (Å²) in [7, 11) is 1.47. The van der Waals surface area contributed by atoms with Crippen molar-refractivity contribution in [1.82, 2.24) is 5.32 Å². The van der Waals surface area contributed by atoms with E-state index in [4.69, 9.17) is 21.4 Å². The summed E-state index contributed by atoms with van der Waals surface area (Å²) < 4.78 is 5.04. The average molecular weight is 301 g/mol. The van der Waals surface area contributed by atoms with E-state index in [1.54, 1.807) is 32.0 Å². The number of carbonyl (C=O) groups excluding carboxylic acids is 1. The number of halogens is 1. The van der Waals surface area contributed by atoms with Gasteiger partial charge in [0, 0.05) is 17.3 Å². The van der Waals surface area contributed by atoms with Gasteiger partial charge >= 0.3 is 12.0 Å². The fraction of sp³-hybridized carbons (Fsp3) is 0.385. The van der Waals surface area contributed by atoms with Gasteiger partial charge in [0.25, 0.3) is 0 Å². The molecule has 0 unspecified atom stereocenters. The summed E-state index contributed by atoms with van der Waals surface area (Å²) in [5.41, 5.74) is -0.359. The van der Waals surface area contributed by atoms with Crippen molar-refractivity contribution < 1.29 is 19.4 Å². The highest BCUT2D eigenvalue weighted by molar-refractivity contribution is 6.32. The zero-order valence-corrected chi connectivity index (χ0v) is 12.2. The molecule has 1 aromatic rings. The molecule has 1 rings (SSSR count). The molecule has 6 nitrogen and oxygen atoms in total. The van der Waals surface area contributed by atoms with Crippen LogP contribution < -0.4 is 15.4 Å². The number of amides is 2. The molecule has 0 heterocycles. The fourth-order valence-corrected chi connectivity index (χ4v) is 1.82. The second-order valence-electron chi connectivity index (χ2n) is 4.88. The molecule has 0 saturated carbocycles. The summed E-state index contributed by atoms with van der Waals surface area (Å²) in [5, 5.41) is 14.4. The molecule has 0 atom stereocenters. The monoisotopic (exact) mass is 300 g/mol. The van der Waals surface area contributed by atoms with E-state index < -0.39 is 17.5 Å². The normalized spacial score (nSPS) is 10.8. The molecule has 0 bridgehead atoms. The van der Waals surface area contributed by atoms with E-state index in [-0.39, 0.29) is 6.42 Å². The Labute approximate surface area is 122 Å². The Bertz CT molecular complexity index is 517. The van der Waals surface area contributed by atoms with Gasteiger partial charge in [-0.25, -0.2) is 4.79 Å². The van der Waals surface area contributed by atoms with E-state index in [0.29, 0.717) is 16.5 Å². The largest absolute Gasteiger partial charge is 0.495 e. The summed E-state index contributed by atoms with van der Waals surface area (Å²) in [6, 6.07) is 4.29. The van der Waals surface area contributed by atoms with Gasteiger partial charge in [0.2, 0.25) is 0 Å². The molecule has 0 spiro atoms. The number of aliphatic carboxylic acids is 1. The number of anilines is 1. The van der Waals surface area contributed by atoms with Crippen molar-refractivity contribution in [3.05, 3.63) is 23.2 Å². The Morgan fingerprint density at radius 1 is 1.40 bits per heavy atom. The molecule has 0 aliphatic rings. The number of carboxylic acid groups (broad SMARTS) is 1. The standard InChI is InChI=1S/C13H17ClN2O4/c1-13(2,7-11(17)18)16-12(19)15-8-4-5-9(14)10(6-8)20-3/h4-6H,7H2,1-3H3,(H,17,18)(H2,15,16,19). The number of benzene rings is 1. The number of ether oxygens (including phenoxy) is 1. The molecular formula is C13H17ClN2O4. The molecule has 110 valence electrons. The third kappa shape index (κ3) is 4.97. The summed E-state index contributed by atoms with van der Waals surface area (Å²) in [5.74, 6) is -0.544. The zero-order chi connectivity index (χ0) is 15.3. The van der Waals surface area contributed by atoms with Crippen LogP contribution in [0.2, 0.25) is 5.02 Å². The summed E-state index contributed by atoms with van der Waals surface area (Å²) >= 11 is 5.88. The van der Waals surface area contributed by atoms with Crippen LogP contribution in [0.25, 0.3) is 0 Å². The van der Waals surface area contributed by atoms with Gasteiger partial charge in [0.1, 0.15) is 5.75 Å². The van der Waals surface area contributed by atoms with Crippen LogP contribution in [-0.2, 0) is 4.79 Å². The second kappa shape index (κ2) is 6.47. The number of rotatable bonds is 5. The maximum atomic E-state index is 11.8. The van der Waals surface area contributed by atoms with Crippen LogP contribution in [0.15, 0.2) is 18.2 Å². The first-order valence-corrected chi connectivity index (χ1v) is 6.26. The number of urea groups is 1. The van der Waals surface area contributed by atoms with Crippen LogP contribution in [0.5, 0.6) is 5.75 Å². The van der Waals surface area contributed by atoms with Crippen molar-refractivity contribution in [2.75, 3.05) is 12.4 Å². The van der Waals surface area contributed by atoms with Crippen molar-refractivity contribution in [2.45, 2.75) is 25.8 Å². The number of carboxylic acids is 1. The number of hydrogen-bond donors (Lipinski definition) is 3. The lowest BCUT2D eigenvalue weighted by Crippen LogP contribution is -2.46. The molecule has 0 aliphatic carbocycles. The first-order chi connectivity index (χ1) is 9.23. The number of hydrogen-bond acceptors (Lipinski definition) is 3. The van der Waals surface area contributed by atoms with Crippen LogP contribution in [0.1, 0.15) is 20.3 Å². The van der Waals surface area contributed by atoms with Gasteiger partial charge in [-0.2, -0.15) is 0 Å². The molecular weight excluding hydrogens is 284 g/mol. The molecule has 3 N–H and O–H groups in total. The van der Waals surface area contributed by atoms with E-state index in [9.17, 15) is 9.59 Å². The van der Waals surface area contributed by atoms with Gasteiger partial charge in [-0.15, -0.1) is 0 Å². The minimum absolute atomic E-state index is 0.176. The lowest BCUT2D eigenvalue weighted by molar-refractivity contribution is -0.138. The predicted octanol–water partition coefficient (Wildman–Crippen LogP) is 2.72. The first kappa shape index (κ1) is 16.1. The Morgan fingerprint density at radius 2 is 2.05 bits per heavy atom. The average Bonchev–Trinajstić information content (AvgIpc) is 2.28. The van der Waals surface area contributed by atoms with Crippen molar-refractivity contribution >= 4 is 29.3 Å². The van der Waals surface area contributed by atoms with E-state index in [1.807, 2.05) is 0 Å². The molecule has 0 radical (unpaired) electrons. The van der Waals surface area contributed by atoms with E-state index in [2.05, 4.69) is 10.6 Å². The summed E-state index contributed by atoms with van der Waals surface area (Å²) in [6.07, 6.45) is -0.176. The summed E-state index contributed by atoms with van der Waals surface area (Å²) in [6.45, 7) is 3.26. The zero-order valence-electron chi connectivity index (χ0n) is 11.5. The van der Waals surface area contributed by atoms with Crippen LogP contribution in [-0.4, -0.2) is 29.8 Å². The van der Waals surface area contributed by atoms with Gasteiger partial charge in [-0.3, -0.25) is 4.79 Å². The van der Waals surface area contributed by atoms with Gasteiger partial charge < -0.3 is 20.5 Å². The lowest BCUT2D eigenvalue weighted by Gasteiger charge is -2.24. The molecule has 0 aromatic heterocycles. The van der Waals surface area contributed by atoms with E-state index in [0.717, 1.165) is 0 Å². The van der Waals surface area contributed by atoms with Crippen molar-refractivity contribution in [2.24, 2.45) is 0 Å². The number of methoxy groups -OCH3 is 1. The Hall–Kier alpha value is -1.95. The van der Waals surface area contributed by atoms with Gasteiger partial charge in [-0.1, -0.05) is 11.6 Å². The smallest absolute Gasteiger partial charge is 0.319 e. The summed E-state index contributed by atoms with van der Waals surface area (Å²) in [4.78, 5) is 22.5. The lowest BCUT2D eigenvalue weighted by atomic mass is 10.0. The maximum Gasteiger partial charge on any atom is 0.319 e. The molecule has 7 heteroatoms. The number of carbonyl (C=O) groups is 2. The Balaban J connectivity index is 2.69. The fourth-order valence-electron chi connectivity index (χ4n) is 1.63. The first-order valence-electron chi connectivity index (χ1n) is 5.88. The Morgan fingerprint density at radius 3 is 2.60 bits per heavy atom. The second-order valence-corrected chi connectivity index (χ2v) is 5.29. The molecule has 20 heavy (non-hydrogen) atoms.